The third-order valence-electron chi connectivity index (χ3n) is 7.55. The zero-order chi connectivity index (χ0) is 24.5. The number of para-hydroxylation sites is 2. The van der Waals surface area contributed by atoms with Gasteiger partial charge in [0, 0.05) is 42.4 Å². The summed E-state index contributed by atoms with van der Waals surface area (Å²) in [6.45, 7) is 7.11. The van der Waals surface area contributed by atoms with Gasteiger partial charge in [-0.15, -0.1) is 0 Å². The summed E-state index contributed by atoms with van der Waals surface area (Å²) < 4.78 is 12.3. The van der Waals surface area contributed by atoms with Crippen LogP contribution in [0.15, 0.2) is 42.7 Å². The molecule has 2 aromatic heterocycles. The monoisotopic (exact) mass is 487 g/mol. The highest BCUT2D eigenvalue weighted by molar-refractivity contribution is 6.07. The Kier molecular flexibility index (Phi) is 6.27. The van der Waals surface area contributed by atoms with E-state index in [2.05, 4.69) is 25.5 Å². The number of fused-ring (bicyclic) bond motifs is 5. The molecule has 1 fully saturated rings. The second kappa shape index (κ2) is 9.85. The van der Waals surface area contributed by atoms with Crippen molar-refractivity contribution in [2.24, 2.45) is 5.92 Å². The number of ether oxygens (including phenoxy) is 2. The summed E-state index contributed by atoms with van der Waals surface area (Å²) >= 11 is 0. The van der Waals surface area contributed by atoms with Gasteiger partial charge in [-0.3, -0.25) is 9.78 Å². The summed E-state index contributed by atoms with van der Waals surface area (Å²) in [7, 11) is 0. The van der Waals surface area contributed by atoms with Gasteiger partial charge in [0.05, 0.1) is 42.0 Å². The molecule has 188 valence electrons. The predicted octanol–water partition coefficient (Wildman–Crippen LogP) is 4.54. The summed E-state index contributed by atoms with van der Waals surface area (Å²) in [6.07, 6.45) is 6.83. The van der Waals surface area contributed by atoms with Crippen LogP contribution < -0.4 is 20.1 Å². The molecule has 8 heteroatoms. The van der Waals surface area contributed by atoms with Crippen LogP contribution in [-0.2, 0) is 0 Å². The molecule has 3 aliphatic heterocycles. The van der Waals surface area contributed by atoms with Gasteiger partial charge in [0.25, 0.3) is 5.91 Å². The zero-order valence-electron chi connectivity index (χ0n) is 20.7. The first kappa shape index (κ1) is 22.9. The highest BCUT2D eigenvalue weighted by Crippen LogP contribution is 2.44. The first-order valence-corrected chi connectivity index (χ1v) is 13.0. The lowest BCUT2D eigenvalue weighted by molar-refractivity contribution is 0.0939. The molecular weight excluding hydrogens is 454 g/mol. The number of amides is 1. The van der Waals surface area contributed by atoms with Crippen LogP contribution in [0.1, 0.15) is 48.2 Å². The van der Waals surface area contributed by atoms with Gasteiger partial charge in [-0.25, -0.2) is 0 Å². The number of pyridine rings is 1. The van der Waals surface area contributed by atoms with Crippen molar-refractivity contribution in [2.75, 3.05) is 44.7 Å². The van der Waals surface area contributed by atoms with Crippen LogP contribution in [0.2, 0.25) is 0 Å². The van der Waals surface area contributed by atoms with Gasteiger partial charge in [-0.05, 0) is 57.5 Å². The Morgan fingerprint density at radius 2 is 2.14 bits per heavy atom. The number of hydrogen-bond donors (Lipinski definition) is 3. The highest BCUT2D eigenvalue weighted by Gasteiger charge is 2.34. The molecule has 8 nitrogen and oxygen atoms in total. The van der Waals surface area contributed by atoms with Gasteiger partial charge in [-0.1, -0.05) is 12.1 Å². The van der Waals surface area contributed by atoms with Crippen molar-refractivity contribution in [2.45, 2.75) is 32.1 Å². The second-order valence-electron chi connectivity index (χ2n) is 9.91. The Labute approximate surface area is 211 Å². The van der Waals surface area contributed by atoms with E-state index in [-0.39, 0.29) is 11.8 Å². The standard InChI is InChI=1S/C28H33N5O3/c1-2-35-22-8-4-3-7-21(22)31-27-24-25-19(14-30-28(24)34)6-5-12-33-13-10-18(16-33)17-36-23-15-29-11-9-20(23)26(27)32-25/h3-4,7-9,11,15,18-19,31-32H,2,5-6,10,12-14,16-17H2,1H3,(H,30,34)/t18-,19+/m1/s1. The number of aromatic nitrogens is 2. The Morgan fingerprint density at radius 1 is 1.22 bits per heavy atom. The fraction of sp³-hybridized carbons (Fsp3) is 0.429. The largest absolute Gasteiger partial charge is 0.492 e. The lowest BCUT2D eigenvalue weighted by Gasteiger charge is -2.25. The number of hydrogen-bond acceptors (Lipinski definition) is 6. The van der Waals surface area contributed by atoms with E-state index in [9.17, 15) is 4.79 Å². The SMILES string of the molecule is CCOc1ccccc1Nc1c2[nH]c3c1C(=O)NC[C@@H]3CCCN1CC[C@@H](COc3cnccc3-2)C1. The summed E-state index contributed by atoms with van der Waals surface area (Å²) in [5, 5.41) is 6.71. The molecule has 3 N–H and O–H groups in total. The van der Waals surface area contributed by atoms with Crippen molar-refractivity contribution in [3.8, 4) is 22.8 Å². The molecule has 0 radical (unpaired) electrons. The smallest absolute Gasteiger partial charge is 0.255 e. The number of aromatic amines is 1. The predicted molar refractivity (Wildman–Crippen MR) is 139 cm³/mol. The third-order valence-corrected chi connectivity index (χ3v) is 7.55. The molecule has 4 bridgehead atoms. The maximum atomic E-state index is 13.3. The van der Waals surface area contributed by atoms with Crippen molar-refractivity contribution < 1.29 is 14.3 Å². The molecule has 6 rings (SSSR count). The van der Waals surface area contributed by atoms with E-state index in [0.717, 1.165) is 78.7 Å². The minimum atomic E-state index is -0.0659. The molecule has 3 atom stereocenters. The van der Waals surface area contributed by atoms with Crippen LogP contribution in [0, 0.1) is 5.92 Å². The molecule has 3 aliphatic rings. The van der Waals surface area contributed by atoms with Gasteiger partial charge in [-0.2, -0.15) is 0 Å². The number of carbonyl (C=O) groups is 1. The number of rotatable bonds is 4. The van der Waals surface area contributed by atoms with Crippen molar-refractivity contribution in [3.63, 3.8) is 0 Å². The van der Waals surface area contributed by atoms with Gasteiger partial charge in [0.2, 0.25) is 0 Å². The van der Waals surface area contributed by atoms with Crippen LogP contribution in [0.3, 0.4) is 0 Å². The summed E-state index contributed by atoms with van der Waals surface area (Å²) in [6, 6.07) is 9.80. The zero-order valence-corrected chi connectivity index (χ0v) is 20.7. The van der Waals surface area contributed by atoms with E-state index in [4.69, 9.17) is 9.47 Å². The first-order valence-electron chi connectivity index (χ1n) is 13.0. The van der Waals surface area contributed by atoms with E-state index in [1.165, 1.54) is 0 Å². The maximum Gasteiger partial charge on any atom is 0.255 e. The molecule has 0 spiro atoms. The second-order valence-corrected chi connectivity index (χ2v) is 9.91. The molecule has 1 aromatic carbocycles. The molecule has 0 aliphatic carbocycles. The van der Waals surface area contributed by atoms with Crippen molar-refractivity contribution >= 4 is 17.3 Å². The van der Waals surface area contributed by atoms with E-state index in [1.54, 1.807) is 12.4 Å². The average molecular weight is 488 g/mol. The molecule has 5 heterocycles. The molecule has 0 saturated carbocycles. The number of anilines is 2. The molecule has 1 saturated heterocycles. The molecular formula is C28H33N5O3. The number of nitrogens with zero attached hydrogens (tertiary/aromatic N) is 2. The van der Waals surface area contributed by atoms with Crippen LogP contribution in [-0.4, -0.2) is 60.2 Å². The van der Waals surface area contributed by atoms with Crippen molar-refractivity contribution in [3.05, 3.63) is 54.0 Å². The van der Waals surface area contributed by atoms with Crippen molar-refractivity contribution in [1.82, 2.24) is 20.2 Å². The lowest BCUT2D eigenvalue weighted by Crippen LogP contribution is -2.35. The lowest BCUT2D eigenvalue weighted by atomic mass is 9.92. The van der Waals surface area contributed by atoms with E-state index in [0.29, 0.717) is 31.2 Å². The Balaban J connectivity index is 1.49. The third kappa shape index (κ3) is 4.30. The Morgan fingerprint density at radius 3 is 3.06 bits per heavy atom. The summed E-state index contributed by atoms with van der Waals surface area (Å²) in [5.41, 5.74) is 4.97. The summed E-state index contributed by atoms with van der Waals surface area (Å²) in [4.78, 5) is 23.9. The van der Waals surface area contributed by atoms with Gasteiger partial charge >= 0.3 is 0 Å². The normalized spacial score (nSPS) is 23.1. The van der Waals surface area contributed by atoms with Gasteiger partial charge in [0.15, 0.2) is 0 Å². The van der Waals surface area contributed by atoms with Crippen LogP contribution >= 0.6 is 0 Å². The molecule has 3 aromatic rings. The quantitative estimate of drug-likeness (QED) is 0.501. The van der Waals surface area contributed by atoms with Crippen LogP contribution in [0.25, 0.3) is 11.3 Å². The Bertz CT molecular complexity index is 1260. The van der Waals surface area contributed by atoms with Crippen molar-refractivity contribution in [1.29, 1.82) is 0 Å². The number of carbonyl (C=O) groups excluding carboxylic acids is 1. The van der Waals surface area contributed by atoms with E-state index >= 15 is 0 Å². The number of H-pyrrole nitrogens is 1. The maximum absolute atomic E-state index is 13.3. The summed E-state index contributed by atoms with van der Waals surface area (Å²) in [5.74, 6) is 2.15. The van der Waals surface area contributed by atoms with E-state index < -0.39 is 0 Å². The minimum Gasteiger partial charge on any atom is -0.492 e. The molecule has 36 heavy (non-hydrogen) atoms. The minimum absolute atomic E-state index is 0.0659. The van der Waals surface area contributed by atoms with E-state index in [1.807, 2.05) is 37.3 Å². The molecule has 1 unspecified atom stereocenters. The number of nitrogens with one attached hydrogen (secondary N) is 3. The molecule has 1 amide bonds. The average Bonchev–Trinajstić information content (AvgIpc) is 3.50. The topological polar surface area (TPSA) is 91.5 Å². The fourth-order valence-electron chi connectivity index (χ4n) is 5.75. The fourth-order valence-corrected chi connectivity index (χ4v) is 5.75. The van der Waals surface area contributed by atoms with Gasteiger partial charge in [0.1, 0.15) is 11.5 Å². The highest BCUT2D eigenvalue weighted by atomic mass is 16.5. The number of benzene rings is 1. The van der Waals surface area contributed by atoms with Crippen LogP contribution in [0.4, 0.5) is 11.4 Å². The van der Waals surface area contributed by atoms with Gasteiger partial charge < -0.3 is 30.0 Å². The van der Waals surface area contributed by atoms with Crippen LogP contribution in [0.5, 0.6) is 11.5 Å². The Hall–Kier alpha value is -3.52. The first-order chi connectivity index (χ1) is 17.7.